The molecule has 25 heavy (non-hydrogen) atoms. The Morgan fingerprint density at radius 3 is 2.52 bits per heavy atom. The number of hydrogen-bond donors (Lipinski definition) is 0. The van der Waals surface area contributed by atoms with E-state index >= 15 is 0 Å². The molecule has 4 nitrogen and oxygen atoms in total. The van der Waals surface area contributed by atoms with Crippen molar-refractivity contribution in [3.8, 4) is 17.0 Å². The van der Waals surface area contributed by atoms with E-state index in [2.05, 4.69) is 24.8 Å². The summed E-state index contributed by atoms with van der Waals surface area (Å²) in [6.45, 7) is 7.98. The second-order valence-corrected chi connectivity index (χ2v) is 6.31. The summed E-state index contributed by atoms with van der Waals surface area (Å²) >= 11 is 0. The normalized spacial score (nSPS) is 12.7. The van der Waals surface area contributed by atoms with Crippen LogP contribution in [0.3, 0.4) is 0 Å². The maximum Gasteiger partial charge on any atom is 0.263 e. The van der Waals surface area contributed by atoms with Gasteiger partial charge in [-0.2, -0.15) is 0 Å². The predicted molar refractivity (Wildman–Crippen MR) is 100 cm³/mol. The van der Waals surface area contributed by atoms with Crippen molar-refractivity contribution in [2.45, 2.75) is 13.8 Å². The van der Waals surface area contributed by atoms with E-state index < -0.39 is 0 Å². The van der Waals surface area contributed by atoms with Crippen molar-refractivity contribution in [3.63, 3.8) is 0 Å². The number of fused-ring (bicyclic) bond motifs is 5. The third-order valence-electron chi connectivity index (χ3n) is 4.98. The van der Waals surface area contributed by atoms with Crippen LogP contribution in [0.5, 0.6) is 5.75 Å². The van der Waals surface area contributed by atoms with E-state index in [0.717, 1.165) is 53.1 Å². The topological polar surface area (TPSA) is 34.5 Å². The summed E-state index contributed by atoms with van der Waals surface area (Å²) in [5.74, 6) is 0.903. The van der Waals surface area contributed by atoms with Gasteiger partial charge in [0.25, 0.3) is 5.91 Å². The Labute approximate surface area is 147 Å². The number of nitrogens with zero attached hydrogens (tertiary/aromatic N) is 2. The average molecular weight is 334 g/mol. The minimum atomic E-state index is 0.0517. The lowest BCUT2D eigenvalue weighted by molar-refractivity contribution is 0.0973. The van der Waals surface area contributed by atoms with E-state index in [1.54, 1.807) is 4.57 Å². The fourth-order valence-corrected chi connectivity index (χ4v) is 3.55. The molecule has 0 saturated carbocycles. The summed E-state index contributed by atoms with van der Waals surface area (Å²) in [5, 5.41) is 1.04. The average Bonchev–Trinajstić information content (AvgIpc) is 3.15. The highest BCUT2D eigenvalue weighted by molar-refractivity contribution is 6.14. The molecule has 2 heterocycles. The van der Waals surface area contributed by atoms with Crippen LogP contribution < -0.4 is 4.74 Å². The van der Waals surface area contributed by atoms with E-state index in [9.17, 15) is 4.79 Å². The van der Waals surface area contributed by atoms with Crippen LogP contribution in [0.1, 0.15) is 24.2 Å². The first kappa shape index (κ1) is 15.9. The van der Waals surface area contributed by atoms with Crippen molar-refractivity contribution in [2.75, 3.05) is 26.2 Å². The number of aromatic nitrogens is 1. The van der Waals surface area contributed by atoms with Crippen molar-refractivity contribution in [1.29, 1.82) is 0 Å². The van der Waals surface area contributed by atoms with Gasteiger partial charge in [-0.05, 0) is 43.4 Å². The Bertz CT molecular complexity index is 938. The standard InChI is InChI=1S/C21H22N2O2/c1-3-22(4-2)11-12-25-16-9-10-19-15(13-16)14-20-17-7-5-6-8-18(17)21(24)23(19)20/h5-10,13-14H,3-4,11-12H2,1-2H3. The molecule has 4 rings (SSSR count). The zero-order valence-electron chi connectivity index (χ0n) is 14.7. The van der Waals surface area contributed by atoms with E-state index in [1.807, 2.05) is 42.5 Å². The van der Waals surface area contributed by atoms with Crippen molar-refractivity contribution in [1.82, 2.24) is 9.47 Å². The van der Waals surface area contributed by atoms with Crippen molar-refractivity contribution in [3.05, 3.63) is 54.1 Å². The minimum absolute atomic E-state index is 0.0517. The number of rotatable bonds is 6. The molecule has 0 radical (unpaired) electrons. The SMILES string of the molecule is CCN(CC)CCOc1ccc2c(c1)cc1n2C(=O)c2ccccc2-1. The minimum Gasteiger partial charge on any atom is -0.492 e. The van der Waals surface area contributed by atoms with Crippen molar-refractivity contribution >= 4 is 16.8 Å². The third kappa shape index (κ3) is 2.63. The lowest BCUT2D eigenvalue weighted by atomic mass is 10.1. The highest BCUT2D eigenvalue weighted by Gasteiger charge is 2.27. The van der Waals surface area contributed by atoms with Gasteiger partial charge in [0.15, 0.2) is 0 Å². The zero-order chi connectivity index (χ0) is 17.4. The highest BCUT2D eigenvalue weighted by atomic mass is 16.5. The van der Waals surface area contributed by atoms with Crippen LogP contribution in [0.15, 0.2) is 48.5 Å². The Kier molecular flexibility index (Phi) is 4.06. The molecule has 0 unspecified atom stereocenters. The first-order valence-corrected chi connectivity index (χ1v) is 8.87. The Morgan fingerprint density at radius 1 is 1.00 bits per heavy atom. The molecule has 1 aliphatic heterocycles. The second-order valence-electron chi connectivity index (χ2n) is 6.31. The van der Waals surface area contributed by atoms with E-state index in [1.165, 1.54) is 0 Å². The van der Waals surface area contributed by atoms with Gasteiger partial charge in [0, 0.05) is 23.1 Å². The van der Waals surface area contributed by atoms with Gasteiger partial charge in [-0.25, -0.2) is 0 Å². The molecule has 1 aliphatic rings. The van der Waals surface area contributed by atoms with Gasteiger partial charge in [0.05, 0.1) is 11.2 Å². The van der Waals surface area contributed by atoms with Crippen LogP contribution in [-0.2, 0) is 0 Å². The number of ether oxygens (including phenoxy) is 1. The van der Waals surface area contributed by atoms with Gasteiger partial charge in [0.1, 0.15) is 12.4 Å². The fraction of sp³-hybridized carbons (Fsp3) is 0.286. The summed E-state index contributed by atoms with van der Waals surface area (Å²) in [5.41, 5.74) is 3.69. The van der Waals surface area contributed by atoms with Gasteiger partial charge in [-0.15, -0.1) is 0 Å². The molecule has 0 fully saturated rings. The largest absolute Gasteiger partial charge is 0.492 e. The van der Waals surface area contributed by atoms with E-state index in [-0.39, 0.29) is 5.91 Å². The second kappa shape index (κ2) is 6.37. The van der Waals surface area contributed by atoms with Crippen LogP contribution in [0.4, 0.5) is 0 Å². The molecule has 0 aliphatic carbocycles. The monoisotopic (exact) mass is 334 g/mol. The molecule has 0 spiro atoms. The Balaban J connectivity index is 1.61. The summed E-state index contributed by atoms with van der Waals surface area (Å²) < 4.78 is 7.71. The van der Waals surface area contributed by atoms with Crippen LogP contribution in [0, 0.1) is 0 Å². The summed E-state index contributed by atoms with van der Waals surface area (Å²) in [7, 11) is 0. The fourth-order valence-electron chi connectivity index (χ4n) is 3.55. The van der Waals surface area contributed by atoms with Crippen molar-refractivity contribution < 1.29 is 9.53 Å². The van der Waals surface area contributed by atoms with Gasteiger partial charge in [-0.3, -0.25) is 9.36 Å². The molecule has 0 N–H and O–H groups in total. The Hall–Kier alpha value is -2.59. The molecule has 3 aromatic rings. The number of hydrogen-bond acceptors (Lipinski definition) is 3. The smallest absolute Gasteiger partial charge is 0.263 e. The van der Waals surface area contributed by atoms with Crippen LogP contribution in [0.2, 0.25) is 0 Å². The molecule has 0 amide bonds. The van der Waals surface area contributed by atoms with Gasteiger partial charge >= 0.3 is 0 Å². The van der Waals surface area contributed by atoms with Crippen LogP contribution in [0.25, 0.3) is 22.2 Å². The first-order valence-electron chi connectivity index (χ1n) is 8.87. The molecular weight excluding hydrogens is 312 g/mol. The molecule has 0 bridgehead atoms. The maximum absolute atomic E-state index is 12.7. The molecule has 128 valence electrons. The molecule has 0 saturated heterocycles. The third-order valence-corrected chi connectivity index (χ3v) is 4.98. The van der Waals surface area contributed by atoms with Crippen LogP contribution in [-0.4, -0.2) is 41.6 Å². The summed E-state index contributed by atoms with van der Waals surface area (Å²) in [4.78, 5) is 15.0. The highest BCUT2D eigenvalue weighted by Crippen LogP contribution is 2.37. The molecule has 4 heteroatoms. The van der Waals surface area contributed by atoms with E-state index in [0.29, 0.717) is 6.61 Å². The van der Waals surface area contributed by atoms with E-state index in [4.69, 9.17) is 4.74 Å². The number of carbonyl (C=O) groups excluding carboxylic acids is 1. The molecular formula is C21H22N2O2. The maximum atomic E-state index is 12.7. The first-order chi connectivity index (χ1) is 12.2. The number of likely N-dealkylation sites (N-methyl/N-ethyl adjacent to an activating group) is 1. The summed E-state index contributed by atoms with van der Waals surface area (Å²) in [6.07, 6.45) is 0. The number of benzene rings is 2. The number of carbonyl (C=O) groups is 1. The van der Waals surface area contributed by atoms with Crippen LogP contribution >= 0.6 is 0 Å². The Morgan fingerprint density at radius 2 is 1.76 bits per heavy atom. The van der Waals surface area contributed by atoms with Gasteiger partial charge in [-0.1, -0.05) is 32.0 Å². The zero-order valence-corrected chi connectivity index (χ0v) is 14.7. The molecule has 1 aromatic heterocycles. The molecule has 0 atom stereocenters. The quantitative estimate of drug-likeness (QED) is 0.534. The van der Waals surface area contributed by atoms with Crippen molar-refractivity contribution in [2.24, 2.45) is 0 Å². The lowest BCUT2D eigenvalue weighted by Gasteiger charge is -2.18. The lowest BCUT2D eigenvalue weighted by Crippen LogP contribution is -2.27. The molecule has 2 aromatic carbocycles. The van der Waals surface area contributed by atoms with Gasteiger partial charge < -0.3 is 9.64 Å². The summed E-state index contributed by atoms with van der Waals surface area (Å²) in [6, 6.07) is 15.8. The van der Waals surface area contributed by atoms with Gasteiger partial charge in [0.2, 0.25) is 0 Å². The predicted octanol–water partition coefficient (Wildman–Crippen LogP) is 4.03.